The highest BCUT2D eigenvalue weighted by Gasteiger charge is 2.23. The summed E-state index contributed by atoms with van der Waals surface area (Å²) < 4.78 is 5.45. The van der Waals surface area contributed by atoms with Gasteiger partial charge in [0, 0.05) is 24.7 Å². The number of nitrogens with zero attached hydrogens (tertiary/aromatic N) is 1. The smallest absolute Gasteiger partial charge is 0.123 e. The number of nitrogens with one attached hydrogen (secondary N) is 1. The number of methoxy groups -OCH3 is 1. The summed E-state index contributed by atoms with van der Waals surface area (Å²) in [4.78, 5) is 2.41. The molecule has 0 saturated heterocycles. The van der Waals surface area contributed by atoms with Crippen molar-refractivity contribution in [3.05, 3.63) is 29.8 Å². The van der Waals surface area contributed by atoms with Gasteiger partial charge in [-0.05, 0) is 38.9 Å². The lowest BCUT2D eigenvalue weighted by molar-refractivity contribution is 0.206. The van der Waals surface area contributed by atoms with E-state index < -0.39 is 0 Å². The minimum Gasteiger partial charge on any atom is -0.496 e. The number of rotatable bonds is 7. The predicted molar refractivity (Wildman–Crippen MR) is 88.8 cm³/mol. The molecule has 2 rings (SSSR count). The first-order valence-electron chi connectivity index (χ1n) is 8.22. The normalized spacial score (nSPS) is 17.9. The lowest BCUT2D eigenvalue weighted by atomic mass is 9.83. The van der Waals surface area contributed by atoms with Gasteiger partial charge < -0.3 is 15.0 Å². The Balaban J connectivity index is 1.91. The standard InChI is InChI=1S/C18H30N2O/c1-19-17(15-9-5-4-6-10-15)14-20(2)13-16-11-7-8-12-18(16)21-3/h7-8,11-12,15,17,19H,4-6,9-10,13-14H2,1-3H3. The number of para-hydroxylation sites is 1. The van der Waals surface area contributed by atoms with Crippen LogP contribution in [0.5, 0.6) is 5.75 Å². The summed E-state index contributed by atoms with van der Waals surface area (Å²) in [7, 11) is 6.06. The second-order valence-electron chi connectivity index (χ2n) is 6.30. The monoisotopic (exact) mass is 290 g/mol. The van der Waals surface area contributed by atoms with Gasteiger partial charge >= 0.3 is 0 Å². The van der Waals surface area contributed by atoms with Crippen molar-refractivity contribution in [2.45, 2.75) is 44.7 Å². The van der Waals surface area contributed by atoms with Crippen molar-refractivity contribution >= 4 is 0 Å². The highest BCUT2D eigenvalue weighted by Crippen LogP contribution is 2.27. The summed E-state index contributed by atoms with van der Waals surface area (Å²) in [5, 5.41) is 3.54. The molecule has 1 aromatic carbocycles. The highest BCUT2D eigenvalue weighted by atomic mass is 16.5. The van der Waals surface area contributed by atoms with Gasteiger partial charge in [-0.25, -0.2) is 0 Å². The molecule has 1 atom stereocenters. The maximum atomic E-state index is 5.45. The quantitative estimate of drug-likeness (QED) is 0.834. The topological polar surface area (TPSA) is 24.5 Å². The van der Waals surface area contributed by atoms with E-state index in [1.807, 2.05) is 12.1 Å². The zero-order valence-corrected chi connectivity index (χ0v) is 13.8. The molecule has 0 bridgehead atoms. The van der Waals surface area contributed by atoms with Crippen LogP contribution in [0.15, 0.2) is 24.3 Å². The molecule has 0 aromatic heterocycles. The summed E-state index contributed by atoms with van der Waals surface area (Å²) in [6, 6.07) is 8.91. The van der Waals surface area contributed by atoms with Crippen LogP contribution in [0.4, 0.5) is 0 Å². The molecule has 0 radical (unpaired) electrons. The van der Waals surface area contributed by atoms with Crippen LogP contribution in [0.1, 0.15) is 37.7 Å². The molecule has 1 aromatic rings. The molecule has 0 heterocycles. The molecular formula is C18H30N2O. The molecule has 1 aliphatic rings. The van der Waals surface area contributed by atoms with Crippen molar-refractivity contribution in [2.24, 2.45) is 5.92 Å². The Labute approximate surface area is 129 Å². The molecule has 1 aliphatic carbocycles. The van der Waals surface area contributed by atoms with Crippen LogP contribution in [-0.2, 0) is 6.54 Å². The van der Waals surface area contributed by atoms with Crippen molar-refractivity contribution in [3.8, 4) is 5.75 Å². The van der Waals surface area contributed by atoms with Gasteiger partial charge in [0.05, 0.1) is 7.11 Å². The zero-order valence-electron chi connectivity index (χ0n) is 13.8. The molecule has 3 heteroatoms. The van der Waals surface area contributed by atoms with Crippen molar-refractivity contribution in [1.82, 2.24) is 10.2 Å². The molecular weight excluding hydrogens is 260 g/mol. The molecule has 0 spiro atoms. The van der Waals surface area contributed by atoms with Gasteiger partial charge in [-0.3, -0.25) is 0 Å². The van der Waals surface area contributed by atoms with E-state index in [-0.39, 0.29) is 0 Å². The minimum atomic E-state index is 0.602. The van der Waals surface area contributed by atoms with Gasteiger partial charge in [0.2, 0.25) is 0 Å². The summed E-state index contributed by atoms with van der Waals surface area (Å²) in [5.41, 5.74) is 1.26. The first kappa shape index (κ1) is 16.3. The highest BCUT2D eigenvalue weighted by molar-refractivity contribution is 5.33. The SMILES string of the molecule is CNC(CN(C)Cc1ccccc1OC)C1CCCCC1. The third kappa shape index (κ3) is 4.72. The largest absolute Gasteiger partial charge is 0.496 e. The predicted octanol–water partition coefficient (Wildman–Crippen LogP) is 3.30. The Bertz CT molecular complexity index is 415. The van der Waals surface area contributed by atoms with Crippen molar-refractivity contribution in [1.29, 1.82) is 0 Å². The molecule has 3 nitrogen and oxygen atoms in total. The summed E-state index contributed by atoms with van der Waals surface area (Å²) in [6.45, 7) is 2.04. The van der Waals surface area contributed by atoms with Gasteiger partial charge in [0.25, 0.3) is 0 Å². The number of ether oxygens (including phenoxy) is 1. The van der Waals surface area contributed by atoms with Crippen molar-refractivity contribution in [3.63, 3.8) is 0 Å². The maximum Gasteiger partial charge on any atom is 0.123 e. The Morgan fingerprint density at radius 1 is 1.24 bits per heavy atom. The Morgan fingerprint density at radius 3 is 2.62 bits per heavy atom. The minimum absolute atomic E-state index is 0.602. The summed E-state index contributed by atoms with van der Waals surface area (Å²) in [5.74, 6) is 1.83. The average molecular weight is 290 g/mol. The van der Waals surface area contributed by atoms with Gasteiger partial charge in [-0.1, -0.05) is 37.5 Å². The van der Waals surface area contributed by atoms with E-state index >= 15 is 0 Å². The fourth-order valence-electron chi connectivity index (χ4n) is 3.54. The zero-order chi connectivity index (χ0) is 15.1. The molecule has 1 saturated carbocycles. The molecule has 0 aliphatic heterocycles. The molecule has 118 valence electrons. The van der Waals surface area contributed by atoms with E-state index in [2.05, 4.69) is 36.4 Å². The Kier molecular flexibility index (Phi) is 6.52. The Morgan fingerprint density at radius 2 is 1.95 bits per heavy atom. The number of hydrogen-bond acceptors (Lipinski definition) is 3. The number of likely N-dealkylation sites (N-methyl/N-ethyl adjacent to an activating group) is 2. The fraction of sp³-hybridized carbons (Fsp3) is 0.667. The fourth-order valence-corrected chi connectivity index (χ4v) is 3.54. The first-order chi connectivity index (χ1) is 10.2. The second-order valence-corrected chi connectivity index (χ2v) is 6.30. The molecule has 1 unspecified atom stereocenters. The number of benzene rings is 1. The first-order valence-corrected chi connectivity index (χ1v) is 8.22. The molecule has 21 heavy (non-hydrogen) atoms. The lowest BCUT2D eigenvalue weighted by Crippen LogP contribution is -2.43. The van der Waals surface area contributed by atoms with E-state index in [0.29, 0.717) is 6.04 Å². The van der Waals surface area contributed by atoms with Gasteiger partial charge in [-0.2, -0.15) is 0 Å². The van der Waals surface area contributed by atoms with Crippen molar-refractivity contribution < 1.29 is 4.74 Å². The molecule has 1 N–H and O–H groups in total. The molecule has 0 amide bonds. The van der Waals surface area contributed by atoms with Crippen LogP contribution in [0, 0.1) is 5.92 Å². The average Bonchev–Trinajstić information content (AvgIpc) is 2.54. The lowest BCUT2D eigenvalue weighted by Gasteiger charge is -2.33. The van der Waals surface area contributed by atoms with E-state index in [9.17, 15) is 0 Å². The summed E-state index contributed by atoms with van der Waals surface area (Å²) in [6.07, 6.45) is 6.99. The maximum absolute atomic E-state index is 5.45. The van der Waals surface area contributed by atoms with Crippen LogP contribution in [0.2, 0.25) is 0 Å². The van der Waals surface area contributed by atoms with Crippen LogP contribution in [0.3, 0.4) is 0 Å². The molecule has 1 fully saturated rings. The van der Waals surface area contributed by atoms with E-state index in [0.717, 1.165) is 24.8 Å². The van der Waals surface area contributed by atoms with Crippen LogP contribution in [0.25, 0.3) is 0 Å². The van der Waals surface area contributed by atoms with Crippen LogP contribution in [-0.4, -0.2) is 38.7 Å². The van der Waals surface area contributed by atoms with Crippen molar-refractivity contribution in [2.75, 3.05) is 27.7 Å². The van der Waals surface area contributed by atoms with Gasteiger partial charge in [0.1, 0.15) is 5.75 Å². The number of hydrogen-bond donors (Lipinski definition) is 1. The van der Waals surface area contributed by atoms with Gasteiger partial charge in [0.15, 0.2) is 0 Å². The van der Waals surface area contributed by atoms with Gasteiger partial charge in [-0.15, -0.1) is 0 Å². The third-order valence-corrected chi connectivity index (χ3v) is 4.73. The van der Waals surface area contributed by atoms with Crippen LogP contribution >= 0.6 is 0 Å². The Hall–Kier alpha value is -1.06. The van der Waals surface area contributed by atoms with E-state index in [1.54, 1.807) is 7.11 Å². The second kappa shape index (κ2) is 8.40. The van der Waals surface area contributed by atoms with E-state index in [4.69, 9.17) is 4.74 Å². The van der Waals surface area contributed by atoms with Crippen LogP contribution < -0.4 is 10.1 Å². The summed E-state index contributed by atoms with van der Waals surface area (Å²) >= 11 is 0. The van der Waals surface area contributed by atoms with E-state index in [1.165, 1.54) is 37.7 Å². The third-order valence-electron chi connectivity index (χ3n) is 4.73.